The molecule has 104 valence electrons. The van der Waals surface area contributed by atoms with Gasteiger partial charge < -0.3 is 10.0 Å². The maximum Gasteiger partial charge on any atom is 0.0865 e. The van der Waals surface area contributed by atoms with Crippen LogP contribution in [0.2, 0.25) is 0 Å². The molecule has 2 aliphatic rings. The zero-order valence-electron chi connectivity index (χ0n) is 11.7. The third-order valence-corrected chi connectivity index (χ3v) is 4.87. The van der Waals surface area contributed by atoms with Crippen molar-refractivity contribution in [2.45, 2.75) is 63.4 Å². The molecule has 2 unspecified atom stereocenters. The van der Waals surface area contributed by atoms with Crippen molar-refractivity contribution in [3.63, 3.8) is 0 Å². The Balaban J connectivity index is 1.97. The van der Waals surface area contributed by atoms with Crippen LogP contribution in [-0.4, -0.2) is 35.2 Å². The van der Waals surface area contributed by atoms with E-state index < -0.39 is 5.60 Å². The molecule has 18 heavy (non-hydrogen) atoms. The largest absolute Gasteiger partial charge is 0.385 e. The van der Waals surface area contributed by atoms with E-state index in [0.717, 1.165) is 19.4 Å². The lowest BCUT2D eigenvalue weighted by molar-refractivity contribution is 0.00550. The second-order valence-corrected chi connectivity index (χ2v) is 6.21. The van der Waals surface area contributed by atoms with Crippen LogP contribution >= 0.6 is 0 Å². The summed E-state index contributed by atoms with van der Waals surface area (Å²) >= 11 is 0. The zero-order chi connectivity index (χ0) is 12.8. The molecule has 1 heterocycles. The predicted octanol–water partition coefficient (Wildman–Crippen LogP) is 3.36. The van der Waals surface area contributed by atoms with E-state index >= 15 is 0 Å². The summed E-state index contributed by atoms with van der Waals surface area (Å²) in [5.41, 5.74) is -0.608. The maximum atomic E-state index is 10.8. The van der Waals surface area contributed by atoms with Crippen molar-refractivity contribution in [2.75, 3.05) is 19.6 Å². The molecule has 2 fully saturated rings. The van der Waals surface area contributed by atoms with Crippen LogP contribution < -0.4 is 0 Å². The summed E-state index contributed by atoms with van der Waals surface area (Å²) in [5.74, 6) is 0.399. The second kappa shape index (κ2) is 6.72. The zero-order valence-corrected chi connectivity index (χ0v) is 11.7. The minimum Gasteiger partial charge on any atom is -0.385 e. The Bertz CT molecular complexity index is 258. The standard InChI is InChI=1S/C16H29NO/c1-2-16(18)11-7-5-6-10-15(16)14-17-12-8-3-4-9-13-17/h2,15,18H,1,3-14H2. The van der Waals surface area contributed by atoms with Gasteiger partial charge in [0.2, 0.25) is 0 Å². The molecule has 0 aromatic rings. The van der Waals surface area contributed by atoms with Gasteiger partial charge in [0, 0.05) is 12.5 Å². The number of nitrogens with zero attached hydrogens (tertiary/aromatic N) is 1. The Hall–Kier alpha value is -0.340. The molecule has 1 saturated heterocycles. The number of hydrogen-bond donors (Lipinski definition) is 1. The number of hydrogen-bond acceptors (Lipinski definition) is 2. The monoisotopic (exact) mass is 251 g/mol. The van der Waals surface area contributed by atoms with Crippen LogP contribution in [0.15, 0.2) is 12.7 Å². The second-order valence-electron chi connectivity index (χ2n) is 6.21. The van der Waals surface area contributed by atoms with Crippen molar-refractivity contribution in [3.8, 4) is 0 Å². The molecule has 1 saturated carbocycles. The molecule has 0 bridgehead atoms. The molecular weight excluding hydrogens is 222 g/mol. The molecule has 2 atom stereocenters. The van der Waals surface area contributed by atoms with Gasteiger partial charge in [-0.25, -0.2) is 0 Å². The van der Waals surface area contributed by atoms with Crippen molar-refractivity contribution >= 4 is 0 Å². The topological polar surface area (TPSA) is 23.5 Å². The highest BCUT2D eigenvalue weighted by molar-refractivity contribution is 5.02. The van der Waals surface area contributed by atoms with Gasteiger partial charge in [-0.05, 0) is 38.8 Å². The number of aliphatic hydroxyl groups is 1. The molecule has 2 nitrogen and oxygen atoms in total. The maximum absolute atomic E-state index is 10.8. The highest BCUT2D eigenvalue weighted by atomic mass is 16.3. The van der Waals surface area contributed by atoms with E-state index in [4.69, 9.17) is 0 Å². The van der Waals surface area contributed by atoms with Crippen molar-refractivity contribution in [2.24, 2.45) is 5.92 Å². The SMILES string of the molecule is C=CC1(O)CCCCCC1CN1CCCCCC1. The van der Waals surface area contributed by atoms with E-state index in [1.165, 1.54) is 58.0 Å². The fraction of sp³-hybridized carbons (Fsp3) is 0.875. The molecular formula is C16H29NO. The first-order valence-electron chi connectivity index (χ1n) is 7.83. The highest BCUT2D eigenvalue weighted by Gasteiger charge is 2.35. The van der Waals surface area contributed by atoms with Crippen LogP contribution in [-0.2, 0) is 0 Å². The van der Waals surface area contributed by atoms with Crippen LogP contribution in [0.1, 0.15) is 57.8 Å². The van der Waals surface area contributed by atoms with Gasteiger partial charge >= 0.3 is 0 Å². The van der Waals surface area contributed by atoms with E-state index in [1.807, 2.05) is 6.08 Å². The van der Waals surface area contributed by atoms with Crippen LogP contribution in [0.3, 0.4) is 0 Å². The van der Waals surface area contributed by atoms with Crippen LogP contribution in [0.4, 0.5) is 0 Å². The van der Waals surface area contributed by atoms with Crippen LogP contribution in [0.5, 0.6) is 0 Å². The van der Waals surface area contributed by atoms with Crippen molar-refractivity contribution in [3.05, 3.63) is 12.7 Å². The predicted molar refractivity (Wildman–Crippen MR) is 76.6 cm³/mol. The molecule has 0 aromatic carbocycles. The highest BCUT2D eigenvalue weighted by Crippen LogP contribution is 2.34. The normalized spacial score (nSPS) is 35.7. The van der Waals surface area contributed by atoms with E-state index in [0.29, 0.717) is 5.92 Å². The van der Waals surface area contributed by atoms with E-state index in [1.54, 1.807) is 0 Å². The van der Waals surface area contributed by atoms with Crippen molar-refractivity contribution in [1.82, 2.24) is 4.90 Å². The van der Waals surface area contributed by atoms with E-state index in [2.05, 4.69) is 11.5 Å². The Morgan fingerprint density at radius 3 is 2.39 bits per heavy atom. The minimum atomic E-state index is -0.608. The smallest absolute Gasteiger partial charge is 0.0865 e. The Morgan fingerprint density at radius 2 is 1.72 bits per heavy atom. The van der Waals surface area contributed by atoms with Gasteiger partial charge in [-0.2, -0.15) is 0 Å². The average Bonchev–Trinajstić information content (AvgIpc) is 2.73. The molecule has 1 aliphatic carbocycles. The summed E-state index contributed by atoms with van der Waals surface area (Å²) in [6, 6.07) is 0. The third-order valence-electron chi connectivity index (χ3n) is 4.87. The van der Waals surface area contributed by atoms with Crippen LogP contribution in [0.25, 0.3) is 0 Å². The number of rotatable bonds is 3. The van der Waals surface area contributed by atoms with Crippen molar-refractivity contribution < 1.29 is 5.11 Å². The molecule has 0 amide bonds. The Labute approximate surface area is 112 Å². The average molecular weight is 251 g/mol. The van der Waals surface area contributed by atoms with E-state index in [-0.39, 0.29) is 0 Å². The quantitative estimate of drug-likeness (QED) is 0.614. The fourth-order valence-corrected chi connectivity index (χ4v) is 3.58. The summed E-state index contributed by atoms with van der Waals surface area (Å²) in [5, 5.41) is 10.8. The molecule has 1 N–H and O–H groups in total. The van der Waals surface area contributed by atoms with Gasteiger partial charge in [0.1, 0.15) is 0 Å². The fourth-order valence-electron chi connectivity index (χ4n) is 3.58. The molecule has 1 aliphatic heterocycles. The van der Waals surface area contributed by atoms with Gasteiger partial charge in [0.15, 0.2) is 0 Å². The van der Waals surface area contributed by atoms with Crippen molar-refractivity contribution in [1.29, 1.82) is 0 Å². The van der Waals surface area contributed by atoms with Crippen LogP contribution in [0, 0.1) is 5.92 Å². The van der Waals surface area contributed by atoms with Gasteiger partial charge in [0.25, 0.3) is 0 Å². The van der Waals surface area contributed by atoms with E-state index in [9.17, 15) is 5.11 Å². The Kier molecular flexibility index (Phi) is 5.25. The lowest BCUT2D eigenvalue weighted by atomic mass is 9.83. The molecule has 0 radical (unpaired) electrons. The lowest BCUT2D eigenvalue weighted by Gasteiger charge is -2.35. The first-order chi connectivity index (χ1) is 8.74. The van der Waals surface area contributed by atoms with Gasteiger partial charge in [0.05, 0.1) is 5.60 Å². The molecule has 0 aromatic heterocycles. The molecule has 0 spiro atoms. The van der Waals surface area contributed by atoms with Gasteiger partial charge in [-0.15, -0.1) is 6.58 Å². The first-order valence-corrected chi connectivity index (χ1v) is 7.83. The third kappa shape index (κ3) is 3.58. The lowest BCUT2D eigenvalue weighted by Crippen LogP contribution is -2.43. The summed E-state index contributed by atoms with van der Waals surface area (Å²) < 4.78 is 0. The molecule has 2 heteroatoms. The summed E-state index contributed by atoms with van der Waals surface area (Å²) in [6.07, 6.45) is 13.0. The molecule has 2 rings (SSSR count). The van der Waals surface area contributed by atoms with Gasteiger partial charge in [-0.3, -0.25) is 0 Å². The first kappa shape index (κ1) is 14.1. The summed E-state index contributed by atoms with van der Waals surface area (Å²) in [4.78, 5) is 2.58. The Morgan fingerprint density at radius 1 is 1.06 bits per heavy atom. The van der Waals surface area contributed by atoms with Gasteiger partial charge in [-0.1, -0.05) is 38.2 Å². The minimum absolute atomic E-state index is 0.399. The summed E-state index contributed by atoms with van der Waals surface area (Å²) in [6.45, 7) is 7.41. The number of likely N-dealkylation sites (tertiary alicyclic amines) is 1. The summed E-state index contributed by atoms with van der Waals surface area (Å²) in [7, 11) is 0.